The van der Waals surface area contributed by atoms with Gasteiger partial charge in [-0.25, -0.2) is 4.79 Å². The van der Waals surface area contributed by atoms with Crippen molar-refractivity contribution in [1.82, 2.24) is 15.1 Å². The van der Waals surface area contributed by atoms with Gasteiger partial charge in [0.15, 0.2) is 0 Å². The SMILES string of the molecule is O=C(O)c1noc(-c2cccc(NC(=O)c3cc(Br)c(Br)[nH]3)c2)n1. The van der Waals surface area contributed by atoms with E-state index in [1.54, 1.807) is 30.3 Å². The summed E-state index contributed by atoms with van der Waals surface area (Å²) in [6.45, 7) is 0. The molecule has 0 atom stereocenters. The number of aromatic carboxylic acids is 1. The van der Waals surface area contributed by atoms with E-state index in [1.165, 1.54) is 0 Å². The number of carbonyl (C=O) groups is 2. The molecule has 2 heterocycles. The molecule has 122 valence electrons. The van der Waals surface area contributed by atoms with Crippen molar-refractivity contribution in [2.24, 2.45) is 0 Å². The largest absolute Gasteiger partial charge is 0.475 e. The predicted molar refractivity (Wildman–Crippen MR) is 90.8 cm³/mol. The molecule has 3 N–H and O–H groups in total. The zero-order valence-corrected chi connectivity index (χ0v) is 14.9. The van der Waals surface area contributed by atoms with Gasteiger partial charge in [-0.3, -0.25) is 4.79 Å². The van der Waals surface area contributed by atoms with Gasteiger partial charge in [-0.1, -0.05) is 6.07 Å². The third-order valence-corrected chi connectivity index (χ3v) is 4.74. The van der Waals surface area contributed by atoms with Gasteiger partial charge in [-0.15, -0.1) is 0 Å². The molecule has 2 aromatic heterocycles. The van der Waals surface area contributed by atoms with E-state index in [1.807, 2.05) is 0 Å². The van der Waals surface area contributed by atoms with Gasteiger partial charge in [0, 0.05) is 11.3 Å². The minimum atomic E-state index is -1.28. The van der Waals surface area contributed by atoms with Crippen molar-refractivity contribution in [3.05, 3.63) is 50.9 Å². The lowest BCUT2D eigenvalue weighted by atomic mass is 10.2. The number of halogens is 2. The van der Waals surface area contributed by atoms with Crippen LogP contribution in [0.5, 0.6) is 0 Å². The van der Waals surface area contributed by atoms with Crippen LogP contribution >= 0.6 is 31.9 Å². The van der Waals surface area contributed by atoms with Crippen LogP contribution in [-0.4, -0.2) is 32.1 Å². The average Bonchev–Trinajstić information content (AvgIpc) is 3.15. The number of carboxylic acids is 1. The van der Waals surface area contributed by atoms with Crippen molar-refractivity contribution in [1.29, 1.82) is 0 Å². The summed E-state index contributed by atoms with van der Waals surface area (Å²) >= 11 is 6.56. The van der Waals surface area contributed by atoms with E-state index in [4.69, 9.17) is 9.63 Å². The Morgan fingerprint density at radius 1 is 1.25 bits per heavy atom. The van der Waals surface area contributed by atoms with Gasteiger partial charge in [0.2, 0.25) is 0 Å². The average molecular weight is 456 g/mol. The molecular formula is C14H8Br2N4O4. The van der Waals surface area contributed by atoms with Gasteiger partial charge in [0.1, 0.15) is 5.69 Å². The molecule has 0 aliphatic carbocycles. The second-order valence-corrected chi connectivity index (χ2v) is 6.26. The van der Waals surface area contributed by atoms with Crippen molar-refractivity contribution in [3.63, 3.8) is 0 Å². The highest BCUT2D eigenvalue weighted by Crippen LogP contribution is 2.25. The summed E-state index contributed by atoms with van der Waals surface area (Å²) in [7, 11) is 0. The number of rotatable bonds is 4. The van der Waals surface area contributed by atoms with Crippen LogP contribution in [-0.2, 0) is 0 Å². The topological polar surface area (TPSA) is 121 Å². The Bertz CT molecular complexity index is 915. The first-order chi connectivity index (χ1) is 11.4. The maximum Gasteiger partial charge on any atom is 0.377 e. The zero-order valence-electron chi connectivity index (χ0n) is 11.7. The number of benzene rings is 1. The van der Waals surface area contributed by atoms with Crippen LogP contribution in [0.15, 0.2) is 43.9 Å². The standard InChI is InChI=1S/C14H8Br2N4O4/c15-8-5-9(18-10(8)16)12(21)17-7-3-1-2-6(4-7)13-19-11(14(22)23)20-24-13/h1-5,18H,(H,17,21)(H,22,23). The third-order valence-electron chi connectivity index (χ3n) is 2.95. The summed E-state index contributed by atoms with van der Waals surface area (Å²) in [5.41, 5.74) is 1.35. The monoisotopic (exact) mass is 454 g/mol. The Morgan fingerprint density at radius 3 is 2.67 bits per heavy atom. The van der Waals surface area contributed by atoms with Crippen molar-refractivity contribution >= 4 is 49.4 Å². The third kappa shape index (κ3) is 3.39. The number of carbonyl (C=O) groups excluding carboxylic acids is 1. The molecule has 0 fully saturated rings. The lowest BCUT2D eigenvalue weighted by Gasteiger charge is -2.04. The maximum absolute atomic E-state index is 12.2. The number of nitrogens with one attached hydrogen (secondary N) is 2. The Morgan fingerprint density at radius 2 is 2.04 bits per heavy atom. The molecular weight excluding hydrogens is 448 g/mol. The molecule has 0 saturated carbocycles. The van der Waals surface area contributed by atoms with Crippen LogP contribution in [0.4, 0.5) is 5.69 Å². The van der Waals surface area contributed by atoms with E-state index in [0.29, 0.717) is 21.5 Å². The minimum Gasteiger partial charge on any atom is -0.475 e. The Hall–Kier alpha value is -2.46. The summed E-state index contributed by atoms with van der Waals surface area (Å²) in [6.07, 6.45) is 0. The molecule has 1 aromatic carbocycles. The molecule has 3 aromatic rings. The molecule has 0 aliphatic heterocycles. The highest BCUT2D eigenvalue weighted by Gasteiger charge is 2.15. The van der Waals surface area contributed by atoms with Crippen LogP contribution in [0.2, 0.25) is 0 Å². The Labute approximate surface area is 151 Å². The smallest absolute Gasteiger partial charge is 0.377 e. The quantitative estimate of drug-likeness (QED) is 0.553. The van der Waals surface area contributed by atoms with Crippen LogP contribution in [0.25, 0.3) is 11.5 Å². The molecule has 8 nitrogen and oxygen atoms in total. The summed E-state index contributed by atoms with van der Waals surface area (Å²) in [4.78, 5) is 29.6. The van der Waals surface area contributed by atoms with Gasteiger partial charge >= 0.3 is 5.97 Å². The molecule has 1 amide bonds. The molecule has 0 bridgehead atoms. The zero-order chi connectivity index (χ0) is 17.3. The number of carboxylic acid groups (broad SMARTS) is 1. The van der Waals surface area contributed by atoms with Crippen LogP contribution in [0, 0.1) is 0 Å². The van der Waals surface area contributed by atoms with Gasteiger partial charge in [0.25, 0.3) is 17.6 Å². The number of aromatic nitrogens is 3. The number of anilines is 1. The summed E-state index contributed by atoms with van der Waals surface area (Å²) < 4.78 is 6.29. The number of nitrogens with zero attached hydrogens (tertiary/aromatic N) is 2. The fourth-order valence-electron chi connectivity index (χ4n) is 1.88. The fourth-order valence-corrected chi connectivity index (χ4v) is 2.54. The molecule has 24 heavy (non-hydrogen) atoms. The number of hydrogen-bond acceptors (Lipinski definition) is 5. The van der Waals surface area contributed by atoms with Crippen molar-refractivity contribution in [2.75, 3.05) is 5.32 Å². The van der Waals surface area contributed by atoms with Gasteiger partial charge < -0.3 is 19.9 Å². The number of H-pyrrole nitrogens is 1. The van der Waals surface area contributed by atoms with Crippen LogP contribution < -0.4 is 5.32 Å². The van der Waals surface area contributed by atoms with Crippen LogP contribution in [0.1, 0.15) is 21.1 Å². The normalized spacial score (nSPS) is 10.6. The van der Waals surface area contributed by atoms with E-state index < -0.39 is 11.8 Å². The maximum atomic E-state index is 12.2. The first kappa shape index (κ1) is 16.4. The molecule has 0 unspecified atom stereocenters. The van der Waals surface area contributed by atoms with Gasteiger partial charge in [0.05, 0.1) is 9.08 Å². The fraction of sp³-hybridized carbons (Fsp3) is 0. The van der Waals surface area contributed by atoms with E-state index in [2.05, 4.69) is 52.3 Å². The molecule has 0 saturated heterocycles. The first-order valence-corrected chi connectivity index (χ1v) is 8.05. The number of aromatic amines is 1. The van der Waals surface area contributed by atoms with Gasteiger partial charge in [-0.2, -0.15) is 4.98 Å². The lowest BCUT2D eigenvalue weighted by molar-refractivity contribution is 0.0680. The van der Waals surface area contributed by atoms with Crippen molar-refractivity contribution in [2.45, 2.75) is 0 Å². The second-order valence-electron chi connectivity index (χ2n) is 4.61. The lowest BCUT2D eigenvalue weighted by Crippen LogP contribution is -2.12. The van der Waals surface area contributed by atoms with E-state index >= 15 is 0 Å². The van der Waals surface area contributed by atoms with E-state index in [0.717, 1.165) is 4.47 Å². The summed E-state index contributed by atoms with van der Waals surface area (Å²) in [5.74, 6) is -2.00. The molecule has 0 radical (unpaired) electrons. The first-order valence-electron chi connectivity index (χ1n) is 6.47. The molecule has 3 rings (SSSR count). The highest BCUT2D eigenvalue weighted by atomic mass is 79.9. The Kier molecular flexibility index (Phi) is 4.49. The van der Waals surface area contributed by atoms with Crippen molar-refractivity contribution < 1.29 is 19.2 Å². The Balaban J connectivity index is 1.82. The second kappa shape index (κ2) is 6.57. The number of hydrogen-bond donors (Lipinski definition) is 3. The molecule has 0 spiro atoms. The predicted octanol–water partition coefficient (Wildman–Crippen LogP) is 3.54. The summed E-state index contributed by atoms with van der Waals surface area (Å²) in [5, 5.41) is 14.9. The van der Waals surface area contributed by atoms with Crippen molar-refractivity contribution in [3.8, 4) is 11.5 Å². The minimum absolute atomic E-state index is 0.0499. The summed E-state index contributed by atoms with van der Waals surface area (Å²) in [6, 6.07) is 8.26. The van der Waals surface area contributed by atoms with E-state index in [-0.39, 0.29) is 11.8 Å². The number of amides is 1. The van der Waals surface area contributed by atoms with Crippen LogP contribution in [0.3, 0.4) is 0 Å². The van der Waals surface area contributed by atoms with Gasteiger partial charge in [-0.05, 0) is 61.3 Å². The molecule has 0 aliphatic rings. The highest BCUT2D eigenvalue weighted by molar-refractivity contribution is 9.13. The van der Waals surface area contributed by atoms with E-state index in [9.17, 15) is 9.59 Å². The molecule has 10 heteroatoms.